The maximum absolute atomic E-state index is 12.4. The summed E-state index contributed by atoms with van der Waals surface area (Å²) in [5.41, 5.74) is 3.44. The molecule has 1 aromatic heterocycles. The number of carbonyl (C=O) groups is 1. The molecular formula is C24H22N4O2. The number of hydrogen-bond acceptors (Lipinski definition) is 4. The highest BCUT2D eigenvalue weighted by molar-refractivity contribution is 6.02. The smallest absolute Gasteiger partial charge is 0.262 e. The summed E-state index contributed by atoms with van der Waals surface area (Å²) in [6.45, 7) is 0.585. The van der Waals surface area contributed by atoms with Crippen LogP contribution in [0, 0.1) is 11.3 Å². The van der Waals surface area contributed by atoms with E-state index in [1.165, 1.54) is 0 Å². The van der Waals surface area contributed by atoms with Crippen LogP contribution in [-0.4, -0.2) is 28.8 Å². The van der Waals surface area contributed by atoms with Gasteiger partial charge in [0.05, 0.1) is 19.3 Å². The lowest BCUT2D eigenvalue weighted by atomic mass is 10.1. The average Bonchev–Trinajstić information content (AvgIpc) is 3.50. The number of aromatic nitrogens is 2. The molecule has 6 nitrogen and oxygen atoms in total. The van der Waals surface area contributed by atoms with E-state index in [-0.39, 0.29) is 17.5 Å². The summed E-state index contributed by atoms with van der Waals surface area (Å²) < 4.78 is 7.17. The van der Waals surface area contributed by atoms with Gasteiger partial charge in [-0.2, -0.15) is 10.4 Å². The summed E-state index contributed by atoms with van der Waals surface area (Å²) >= 11 is 0. The second-order valence-corrected chi connectivity index (χ2v) is 7.27. The fraction of sp³-hybridized carbons (Fsp3) is 0.208. The molecule has 1 aliphatic rings. The van der Waals surface area contributed by atoms with Gasteiger partial charge in [-0.05, 0) is 36.6 Å². The van der Waals surface area contributed by atoms with E-state index in [0.717, 1.165) is 24.0 Å². The molecule has 1 aliphatic carbocycles. The molecule has 150 valence electrons. The third-order valence-corrected chi connectivity index (χ3v) is 4.90. The fourth-order valence-electron chi connectivity index (χ4n) is 3.18. The van der Waals surface area contributed by atoms with Crippen molar-refractivity contribution in [1.29, 1.82) is 5.26 Å². The predicted molar refractivity (Wildman–Crippen MR) is 115 cm³/mol. The Morgan fingerprint density at radius 3 is 2.77 bits per heavy atom. The molecule has 6 heteroatoms. The van der Waals surface area contributed by atoms with E-state index < -0.39 is 0 Å². The number of amides is 1. The van der Waals surface area contributed by atoms with Crippen LogP contribution in [0.1, 0.15) is 24.0 Å². The number of rotatable bonds is 7. The first-order valence-electron chi connectivity index (χ1n) is 9.84. The molecular weight excluding hydrogens is 376 g/mol. The SMILES string of the molecule is COc1cccc(-c2nn(Cc3ccccc3)cc2/C=C(\C#N)C(=O)NC2CC2)c1. The molecule has 0 aliphatic heterocycles. The molecule has 0 atom stereocenters. The summed E-state index contributed by atoms with van der Waals surface area (Å²) in [7, 11) is 1.62. The van der Waals surface area contributed by atoms with Crippen LogP contribution in [0.15, 0.2) is 66.4 Å². The highest BCUT2D eigenvalue weighted by Gasteiger charge is 2.25. The number of hydrogen-bond donors (Lipinski definition) is 1. The lowest BCUT2D eigenvalue weighted by Crippen LogP contribution is -2.26. The first kappa shape index (κ1) is 19.5. The molecule has 3 aromatic rings. The van der Waals surface area contributed by atoms with Gasteiger partial charge in [-0.25, -0.2) is 0 Å². The Labute approximate surface area is 175 Å². The van der Waals surface area contributed by atoms with Gasteiger partial charge in [0.15, 0.2) is 0 Å². The van der Waals surface area contributed by atoms with Gasteiger partial charge in [0, 0.05) is 23.4 Å². The van der Waals surface area contributed by atoms with Crippen molar-refractivity contribution in [1.82, 2.24) is 15.1 Å². The van der Waals surface area contributed by atoms with E-state index in [1.807, 2.05) is 71.5 Å². The number of nitriles is 1. The Kier molecular flexibility index (Phi) is 5.62. The average molecular weight is 398 g/mol. The van der Waals surface area contributed by atoms with Gasteiger partial charge in [0.25, 0.3) is 5.91 Å². The standard InChI is InChI=1S/C24H22N4O2/c1-30-22-9-5-8-18(13-22)23-20(12-19(14-25)24(29)26-21-10-11-21)16-28(27-23)15-17-6-3-2-4-7-17/h2-9,12-13,16,21H,10-11,15H2,1H3,(H,26,29)/b19-12+. The van der Waals surface area contributed by atoms with Gasteiger partial charge >= 0.3 is 0 Å². The van der Waals surface area contributed by atoms with Crippen molar-refractivity contribution in [2.75, 3.05) is 7.11 Å². The van der Waals surface area contributed by atoms with Crippen LogP contribution in [0.5, 0.6) is 5.75 Å². The maximum atomic E-state index is 12.4. The molecule has 0 bridgehead atoms. The van der Waals surface area contributed by atoms with Crippen molar-refractivity contribution in [2.45, 2.75) is 25.4 Å². The third-order valence-electron chi connectivity index (χ3n) is 4.90. The van der Waals surface area contributed by atoms with Crippen molar-refractivity contribution < 1.29 is 9.53 Å². The Bertz CT molecular complexity index is 1120. The maximum Gasteiger partial charge on any atom is 0.262 e. The van der Waals surface area contributed by atoms with Crippen LogP contribution in [-0.2, 0) is 11.3 Å². The quantitative estimate of drug-likeness (QED) is 0.485. The third kappa shape index (κ3) is 4.58. The molecule has 2 aromatic carbocycles. The van der Waals surface area contributed by atoms with E-state index >= 15 is 0 Å². The fourth-order valence-corrected chi connectivity index (χ4v) is 3.18. The van der Waals surface area contributed by atoms with E-state index in [2.05, 4.69) is 5.32 Å². The molecule has 0 spiro atoms. The normalized spacial score (nSPS) is 13.5. The minimum absolute atomic E-state index is 0.0744. The number of ether oxygens (including phenoxy) is 1. The molecule has 0 saturated heterocycles. The molecule has 1 heterocycles. The summed E-state index contributed by atoms with van der Waals surface area (Å²) in [4.78, 5) is 12.4. The van der Waals surface area contributed by atoms with Crippen molar-refractivity contribution in [2.24, 2.45) is 0 Å². The number of benzene rings is 2. The van der Waals surface area contributed by atoms with Crippen LogP contribution >= 0.6 is 0 Å². The van der Waals surface area contributed by atoms with E-state index in [0.29, 0.717) is 23.6 Å². The summed E-state index contributed by atoms with van der Waals surface area (Å²) in [5.74, 6) is 0.374. The van der Waals surface area contributed by atoms with Crippen LogP contribution in [0.3, 0.4) is 0 Å². The molecule has 30 heavy (non-hydrogen) atoms. The van der Waals surface area contributed by atoms with Crippen LogP contribution in [0.2, 0.25) is 0 Å². The summed E-state index contributed by atoms with van der Waals surface area (Å²) in [6, 6.07) is 19.8. The Hall–Kier alpha value is -3.85. The van der Waals surface area contributed by atoms with E-state index in [4.69, 9.17) is 9.84 Å². The second kappa shape index (κ2) is 8.66. The van der Waals surface area contributed by atoms with Crippen molar-refractivity contribution in [3.8, 4) is 23.1 Å². The lowest BCUT2D eigenvalue weighted by molar-refractivity contribution is -0.117. The van der Waals surface area contributed by atoms with Crippen molar-refractivity contribution in [3.63, 3.8) is 0 Å². The molecule has 0 unspecified atom stereocenters. The van der Waals surface area contributed by atoms with Crippen molar-refractivity contribution in [3.05, 3.63) is 77.5 Å². The molecule has 4 rings (SSSR count). The zero-order valence-electron chi connectivity index (χ0n) is 16.7. The van der Waals surface area contributed by atoms with E-state index in [1.54, 1.807) is 13.2 Å². The van der Waals surface area contributed by atoms with Gasteiger partial charge in [-0.1, -0.05) is 42.5 Å². The van der Waals surface area contributed by atoms with Gasteiger partial charge < -0.3 is 10.1 Å². The van der Waals surface area contributed by atoms with Gasteiger partial charge in [0.2, 0.25) is 0 Å². The van der Waals surface area contributed by atoms with Crippen LogP contribution in [0.4, 0.5) is 0 Å². The Morgan fingerprint density at radius 1 is 1.27 bits per heavy atom. The lowest BCUT2D eigenvalue weighted by Gasteiger charge is -2.04. The highest BCUT2D eigenvalue weighted by Crippen LogP contribution is 2.28. The van der Waals surface area contributed by atoms with Crippen LogP contribution < -0.4 is 10.1 Å². The molecule has 1 saturated carbocycles. The minimum atomic E-state index is -0.340. The highest BCUT2D eigenvalue weighted by atomic mass is 16.5. The van der Waals surface area contributed by atoms with Gasteiger partial charge in [-0.3, -0.25) is 9.48 Å². The van der Waals surface area contributed by atoms with Crippen molar-refractivity contribution >= 4 is 12.0 Å². The molecule has 1 N–H and O–H groups in total. The minimum Gasteiger partial charge on any atom is -0.497 e. The number of carbonyl (C=O) groups excluding carboxylic acids is 1. The summed E-state index contributed by atoms with van der Waals surface area (Å²) in [6.07, 6.45) is 5.41. The molecule has 1 amide bonds. The van der Waals surface area contributed by atoms with Gasteiger partial charge in [0.1, 0.15) is 17.4 Å². The first-order valence-corrected chi connectivity index (χ1v) is 9.84. The second-order valence-electron chi connectivity index (χ2n) is 7.27. The number of nitrogens with zero attached hydrogens (tertiary/aromatic N) is 3. The summed E-state index contributed by atoms with van der Waals surface area (Å²) in [5, 5.41) is 17.2. The Balaban J connectivity index is 1.73. The zero-order chi connectivity index (χ0) is 20.9. The predicted octanol–water partition coefficient (Wildman–Crippen LogP) is 3.79. The number of nitrogens with one attached hydrogen (secondary N) is 1. The monoisotopic (exact) mass is 398 g/mol. The van der Waals surface area contributed by atoms with Gasteiger partial charge in [-0.15, -0.1) is 0 Å². The number of methoxy groups -OCH3 is 1. The largest absolute Gasteiger partial charge is 0.497 e. The van der Waals surface area contributed by atoms with E-state index in [9.17, 15) is 10.1 Å². The zero-order valence-corrected chi connectivity index (χ0v) is 16.7. The molecule has 0 radical (unpaired) electrons. The van der Waals surface area contributed by atoms with Crippen LogP contribution in [0.25, 0.3) is 17.3 Å². The first-order chi connectivity index (χ1) is 14.7. The Morgan fingerprint density at radius 2 is 2.07 bits per heavy atom. The topological polar surface area (TPSA) is 79.9 Å². The molecule has 1 fully saturated rings.